The Kier molecular flexibility index (Phi) is 5.12. The minimum absolute atomic E-state index is 0.216. The Labute approximate surface area is 141 Å². The molecule has 1 aromatic heterocycles. The van der Waals surface area contributed by atoms with E-state index in [9.17, 15) is 9.00 Å². The number of carbonyl (C=O) groups excluding carboxylic acids is 1. The van der Waals surface area contributed by atoms with Gasteiger partial charge in [-0.15, -0.1) is 0 Å². The van der Waals surface area contributed by atoms with Crippen LogP contribution in [0, 0.1) is 0 Å². The summed E-state index contributed by atoms with van der Waals surface area (Å²) in [5.41, 5.74) is 2.80. The van der Waals surface area contributed by atoms with Crippen molar-refractivity contribution in [1.29, 1.82) is 0 Å². The van der Waals surface area contributed by atoms with E-state index in [0.717, 1.165) is 11.1 Å². The molecule has 0 bridgehead atoms. The van der Waals surface area contributed by atoms with Gasteiger partial charge in [-0.1, -0.05) is 42.5 Å². The number of aromatic nitrogens is 3. The quantitative estimate of drug-likeness (QED) is 0.722. The maximum absolute atomic E-state index is 12.3. The number of nitrogens with one attached hydrogen (secondary N) is 2. The molecule has 122 valence electrons. The molecule has 0 saturated heterocycles. The highest BCUT2D eigenvalue weighted by Gasteiger charge is 2.10. The van der Waals surface area contributed by atoms with Crippen molar-refractivity contribution in [3.8, 4) is 0 Å². The molecule has 3 rings (SSSR count). The second-order valence-electron chi connectivity index (χ2n) is 5.22. The van der Waals surface area contributed by atoms with Crippen LogP contribution in [0.1, 0.15) is 21.6 Å². The second-order valence-corrected chi connectivity index (χ2v) is 6.68. The lowest BCUT2D eigenvalue weighted by Crippen LogP contribution is -2.12. The number of amides is 1. The molecule has 3 aromatic rings. The smallest absolute Gasteiger partial charge is 0.277 e. The van der Waals surface area contributed by atoms with Crippen molar-refractivity contribution < 1.29 is 9.00 Å². The van der Waals surface area contributed by atoms with E-state index in [1.807, 2.05) is 48.5 Å². The molecule has 0 radical (unpaired) electrons. The van der Waals surface area contributed by atoms with E-state index in [1.54, 1.807) is 6.07 Å². The van der Waals surface area contributed by atoms with E-state index in [1.165, 1.54) is 6.20 Å². The van der Waals surface area contributed by atoms with Crippen molar-refractivity contribution in [2.75, 3.05) is 5.32 Å². The van der Waals surface area contributed by atoms with Gasteiger partial charge in [0, 0.05) is 28.0 Å². The first kappa shape index (κ1) is 16.1. The van der Waals surface area contributed by atoms with Gasteiger partial charge in [0.05, 0.1) is 6.20 Å². The first-order valence-corrected chi connectivity index (χ1v) is 8.84. The predicted molar refractivity (Wildman–Crippen MR) is 92.8 cm³/mol. The molecule has 0 aliphatic heterocycles. The van der Waals surface area contributed by atoms with Crippen LogP contribution >= 0.6 is 0 Å². The van der Waals surface area contributed by atoms with E-state index in [-0.39, 0.29) is 11.6 Å². The van der Waals surface area contributed by atoms with Gasteiger partial charge in [-0.05, 0) is 23.3 Å². The van der Waals surface area contributed by atoms with Crippen molar-refractivity contribution in [2.45, 2.75) is 11.5 Å². The number of benzene rings is 2. The van der Waals surface area contributed by atoms with Crippen molar-refractivity contribution in [3.05, 3.63) is 77.6 Å². The predicted octanol–water partition coefficient (Wildman–Crippen LogP) is 2.51. The summed E-state index contributed by atoms with van der Waals surface area (Å²) in [6.07, 6.45) is 1.36. The van der Waals surface area contributed by atoms with E-state index >= 15 is 0 Å². The summed E-state index contributed by atoms with van der Waals surface area (Å²) in [7, 11) is -1.01. The fourth-order valence-corrected chi connectivity index (χ4v) is 3.46. The number of hydrogen-bond donors (Lipinski definition) is 2. The van der Waals surface area contributed by atoms with E-state index in [0.29, 0.717) is 17.2 Å². The van der Waals surface area contributed by atoms with Gasteiger partial charge < -0.3 is 5.32 Å². The highest BCUT2D eigenvalue weighted by atomic mass is 32.2. The average molecular weight is 340 g/mol. The summed E-state index contributed by atoms with van der Waals surface area (Å²) in [6, 6.07) is 17.1. The Morgan fingerprint density at radius 1 is 1.04 bits per heavy atom. The zero-order chi connectivity index (χ0) is 16.8. The van der Waals surface area contributed by atoms with Crippen molar-refractivity contribution in [2.24, 2.45) is 0 Å². The maximum atomic E-state index is 12.3. The van der Waals surface area contributed by atoms with Crippen LogP contribution in [-0.2, 0) is 22.3 Å². The summed E-state index contributed by atoms with van der Waals surface area (Å²) >= 11 is 0. The third kappa shape index (κ3) is 4.36. The van der Waals surface area contributed by atoms with Gasteiger partial charge in [0.1, 0.15) is 0 Å². The molecule has 1 heterocycles. The molecule has 1 atom stereocenters. The number of aromatic amines is 1. The van der Waals surface area contributed by atoms with E-state index in [4.69, 9.17) is 0 Å². The fraction of sp³-hybridized carbons (Fsp3) is 0.118. The van der Waals surface area contributed by atoms with Gasteiger partial charge in [0.2, 0.25) is 0 Å². The van der Waals surface area contributed by atoms with Gasteiger partial charge in [-0.2, -0.15) is 15.4 Å². The highest BCUT2D eigenvalue weighted by molar-refractivity contribution is 7.83. The summed E-state index contributed by atoms with van der Waals surface area (Å²) in [5, 5.41) is 12.5. The van der Waals surface area contributed by atoms with Crippen LogP contribution in [0.3, 0.4) is 0 Å². The third-order valence-electron chi connectivity index (χ3n) is 3.33. The van der Waals surface area contributed by atoms with Crippen LogP contribution in [0.25, 0.3) is 0 Å². The number of rotatable bonds is 6. The first-order valence-electron chi connectivity index (χ1n) is 7.35. The lowest BCUT2D eigenvalue weighted by molar-refractivity contribution is 0.102. The molecular formula is C17H16N4O2S. The Bertz CT molecular complexity index is 835. The van der Waals surface area contributed by atoms with Crippen molar-refractivity contribution in [3.63, 3.8) is 0 Å². The minimum atomic E-state index is -1.01. The molecule has 2 N–H and O–H groups in total. The Balaban J connectivity index is 1.62. The number of carbonyl (C=O) groups is 1. The van der Waals surface area contributed by atoms with Gasteiger partial charge in [0.25, 0.3) is 5.91 Å². The number of anilines is 1. The van der Waals surface area contributed by atoms with Crippen LogP contribution in [0.5, 0.6) is 0 Å². The molecular weight excluding hydrogens is 324 g/mol. The highest BCUT2D eigenvalue weighted by Crippen LogP contribution is 2.15. The lowest BCUT2D eigenvalue weighted by Gasteiger charge is -2.07. The van der Waals surface area contributed by atoms with Crippen molar-refractivity contribution in [1.82, 2.24) is 15.4 Å². The van der Waals surface area contributed by atoms with Gasteiger partial charge >= 0.3 is 0 Å². The topological polar surface area (TPSA) is 87.7 Å². The van der Waals surface area contributed by atoms with Crippen molar-refractivity contribution >= 4 is 22.4 Å². The molecule has 0 spiro atoms. The minimum Gasteiger partial charge on any atom is -0.321 e. The largest absolute Gasteiger partial charge is 0.321 e. The van der Waals surface area contributed by atoms with Gasteiger partial charge in [0.15, 0.2) is 5.69 Å². The molecule has 0 unspecified atom stereocenters. The maximum Gasteiger partial charge on any atom is 0.277 e. The van der Waals surface area contributed by atoms with Crippen LogP contribution in [0.15, 0.2) is 60.8 Å². The molecule has 1 amide bonds. The summed E-state index contributed by atoms with van der Waals surface area (Å²) < 4.78 is 12.3. The fourth-order valence-electron chi connectivity index (χ4n) is 2.24. The number of hydrogen-bond acceptors (Lipinski definition) is 4. The molecule has 0 saturated carbocycles. The van der Waals surface area contributed by atoms with E-state index in [2.05, 4.69) is 20.7 Å². The van der Waals surface area contributed by atoms with Gasteiger partial charge in [-0.25, -0.2) is 0 Å². The number of H-pyrrole nitrogens is 1. The summed E-state index contributed by atoms with van der Waals surface area (Å²) in [4.78, 5) is 12.0. The first-order chi connectivity index (χ1) is 11.7. The average Bonchev–Trinajstić information content (AvgIpc) is 3.10. The van der Waals surface area contributed by atoms with Crippen LogP contribution < -0.4 is 5.32 Å². The third-order valence-corrected chi connectivity index (χ3v) is 4.64. The molecule has 2 aromatic carbocycles. The summed E-state index contributed by atoms with van der Waals surface area (Å²) in [6.45, 7) is 0. The zero-order valence-corrected chi connectivity index (χ0v) is 13.6. The lowest BCUT2D eigenvalue weighted by atomic mass is 10.2. The molecule has 0 aliphatic carbocycles. The standard InChI is InChI=1S/C17H16N4O2S/c22-17(16-10-18-21-20-16)19-15-8-4-7-14(9-15)12-24(23)11-13-5-2-1-3-6-13/h1-10H,11-12H2,(H,19,22)(H,18,20,21)/t24-/m0/s1. The Hall–Kier alpha value is -2.80. The number of nitrogens with zero attached hydrogens (tertiary/aromatic N) is 2. The zero-order valence-electron chi connectivity index (χ0n) is 12.8. The van der Waals surface area contributed by atoms with E-state index < -0.39 is 10.8 Å². The second kappa shape index (κ2) is 7.65. The molecule has 7 heteroatoms. The Morgan fingerprint density at radius 2 is 1.79 bits per heavy atom. The normalized spacial score (nSPS) is 11.8. The van der Waals surface area contributed by atoms with Crippen LogP contribution in [-0.4, -0.2) is 25.5 Å². The van der Waals surface area contributed by atoms with Gasteiger partial charge in [-0.3, -0.25) is 9.00 Å². The monoisotopic (exact) mass is 340 g/mol. The molecule has 0 aliphatic rings. The molecule has 6 nitrogen and oxygen atoms in total. The van der Waals surface area contributed by atoms with Crippen LogP contribution in [0.2, 0.25) is 0 Å². The van der Waals surface area contributed by atoms with Crippen LogP contribution in [0.4, 0.5) is 5.69 Å². The SMILES string of the molecule is O=C(Nc1cccc(C[S@@](=O)Cc2ccccc2)c1)c1cn[nH]n1. The molecule has 24 heavy (non-hydrogen) atoms. The summed E-state index contributed by atoms with van der Waals surface area (Å²) in [5.74, 6) is 0.602. The molecule has 0 fully saturated rings. The Morgan fingerprint density at radius 3 is 2.54 bits per heavy atom.